The lowest BCUT2D eigenvalue weighted by Gasteiger charge is -2.25. The van der Waals surface area contributed by atoms with Gasteiger partial charge in [0.2, 0.25) is 11.8 Å². The number of hydrogen-bond acceptors (Lipinski definition) is 3. The first-order chi connectivity index (χ1) is 9.53. The number of methoxy groups -OCH3 is 1. The molecule has 0 saturated heterocycles. The van der Waals surface area contributed by atoms with Gasteiger partial charge in [0.1, 0.15) is 12.3 Å². The second-order valence-electron chi connectivity index (χ2n) is 4.37. The Hall–Kier alpha value is -2.04. The smallest absolute Gasteiger partial charge is 0.242 e. The standard InChI is InChI=1S/C15H22N2O3/c1-5-16(6-2)15(19)11-17(12(3)18)13-7-9-14(20-4)10-8-13/h7-10H,5-6,11H2,1-4H3. The maximum atomic E-state index is 12.1. The fourth-order valence-electron chi connectivity index (χ4n) is 1.96. The predicted molar refractivity (Wildman–Crippen MR) is 78.9 cm³/mol. The highest BCUT2D eigenvalue weighted by Gasteiger charge is 2.18. The minimum Gasteiger partial charge on any atom is -0.497 e. The van der Waals surface area contributed by atoms with Crippen molar-refractivity contribution in [1.82, 2.24) is 4.90 Å². The van der Waals surface area contributed by atoms with E-state index in [9.17, 15) is 9.59 Å². The summed E-state index contributed by atoms with van der Waals surface area (Å²) in [6.07, 6.45) is 0. The van der Waals surface area contributed by atoms with Crippen LogP contribution < -0.4 is 9.64 Å². The first-order valence-electron chi connectivity index (χ1n) is 6.73. The van der Waals surface area contributed by atoms with Crippen molar-refractivity contribution in [3.05, 3.63) is 24.3 Å². The van der Waals surface area contributed by atoms with Crippen LogP contribution in [0.25, 0.3) is 0 Å². The highest BCUT2D eigenvalue weighted by Crippen LogP contribution is 2.19. The largest absolute Gasteiger partial charge is 0.497 e. The van der Waals surface area contributed by atoms with E-state index in [0.717, 1.165) is 0 Å². The highest BCUT2D eigenvalue weighted by molar-refractivity contribution is 5.97. The van der Waals surface area contributed by atoms with E-state index < -0.39 is 0 Å². The summed E-state index contributed by atoms with van der Waals surface area (Å²) in [5, 5.41) is 0. The second kappa shape index (κ2) is 7.53. The molecule has 2 amide bonds. The average molecular weight is 278 g/mol. The van der Waals surface area contributed by atoms with Gasteiger partial charge in [-0.1, -0.05) is 0 Å². The molecule has 0 N–H and O–H groups in total. The normalized spacial score (nSPS) is 10.0. The van der Waals surface area contributed by atoms with Crippen molar-refractivity contribution >= 4 is 17.5 Å². The van der Waals surface area contributed by atoms with Crippen LogP contribution in [0.1, 0.15) is 20.8 Å². The van der Waals surface area contributed by atoms with Crippen molar-refractivity contribution in [2.45, 2.75) is 20.8 Å². The Morgan fingerprint density at radius 2 is 1.65 bits per heavy atom. The molecule has 0 spiro atoms. The molecule has 0 unspecified atom stereocenters. The summed E-state index contributed by atoms with van der Waals surface area (Å²) in [7, 11) is 1.58. The van der Waals surface area contributed by atoms with Crippen LogP contribution in [-0.2, 0) is 9.59 Å². The number of carbonyl (C=O) groups excluding carboxylic acids is 2. The number of amides is 2. The fourth-order valence-corrected chi connectivity index (χ4v) is 1.96. The molecule has 0 heterocycles. The predicted octanol–water partition coefficient (Wildman–Crippen LogP) is 1.92. The Bertz CT molecular complexity index is 453. The molecule has 0 aliphatic carbocycles. The molecule has 5 heteroatoms. The van der Waals surface area contributed by atoms with Crippen molar-refractivity contribution < 1.29 is 14.3 Å². The van der Waals surface area contributed by atoms with Gasteiger partial charge in [-0.2, -0.15) is 0 Å². The van der Waals surface area contributed by atoms with Gasteiger partial charge < -0.3 is 14.5 Å². The Morgan fingerprint density at radius 1 is 1.10 bits per heavy atom. The number of hydrogen-bond donors (Lipinski definition) is 0. The van der Waals surface area contributed by atoms with Crippen LogP contribution in [0.3, 0.4) is 0 Å². The van der Waals surface area contributed by atoms with Crippen LogP contribution in [-0.4, -0.2) is 43.5 Å². The number of carbonyl (C=O) groups is 2. The van der Waals surface area contributed by atoms with Crippen LogP contribution in [0.5, 0.6) is 5.75 Å². The van der Waals surface area contributed by atoms with E-state index in [1.165, 1.54) is 11.8 Å². The molecular formula is C15H22N2O3. The van der Waals surface area contributed by atoms with Gasteiger partial charge in [-0.15, -0.1) is 0 Å². The average Bonchev–Trinajstić information content (AvgIpc) is 2.46. The van der Waals surface area contributed by atoms with Crippen molar-refractivity contribution in [3.63, 3.8) is 0 Å². The molecule has 20 heavy (non-hydrogen) atoms. The summed E-state index contributed by atoms with van der Waals surface area (Å²) in [6, 6.07) is 7.09. The number of anilines is 1. The molecule has 1 aromatic rings. The summed E-state index contributed by atoms with van der Waals surface area (Å²) in [4.78, 5) is 27.1. The number of rotatable bonds is 6. The lowest BCUT2D eigenvalue weighted by atomic mass is 10.2. The maximum Gasteiger partial charge on any atom is 0.242 e. The summed E-state index contributed by atoms with van der Waals surface area (Å²) < 4.78 is 5.08. The zero-order valence-electron chi connectivity index (χ0n) is 12.5. The van der Waals surface area contributed by atoms with Crippen molar-refractivity contribution in [2.75, 3.05) is 31.6 Å². The first kappa shape index (κ1) is 16.0. The van der Waals surface area contributed by atoms with Crippen molar-refractivity contribution in [2.24, 2.45) is 0 Å². The minimum atomic E-state index is -0.157. The molecule has 0 atom stereocenters. The topological polar surface area (TPSA) is 49.9 Å². The first-order valence-corrected chi connectivity index (χ1v) is 6.73. The molecule has 0 aromatic heterocycles. The Kier molecular flexibility index (Phi) is 6.03. The lowest BCUT2D eigenvalue weighted by Crippen LogP contribution is -2.42. The Labute approximate surface area is 120 Å². The SMILES string of the molecule is CCN(CC)C(=O)CN(C(C)=O)c1ccc(OC)cc1. The molecule has 0 aliphatic rings. The van der Waals surface area contributed by atoms with E-state index in [0.29, 0.717) is 24.5 Å². The summed E-state index contributed by atoms with van der Waals surface area (Å²) in [5.41, 5.74) is 0.693. The zero-order valence-corrected chi connectivity index (χ0v) is 12.5. The molecule has 5 nitrogen and oxygen atoms in total. The van der Waals surface area contributed by atoms with E-state index >= 15 is 0 Å². The van der Waals surface area contributed by atoms with Gasteiger partial charge >= 0.3 is 0 Å². The molecule has 0 radical (unpaired) electrons. The molecule has 1 rings (SSSR count). The van der Waals surface area contributed by atoms with E-state index in [-0.39, 0.29) is 18.4 Å². The van der Waals surface area contributed by atoms with Crippen LogP contribution in [0.15, 0.2) is 24.3 Å². The third-order valence-corrected chi connectivity index (χ3v) is 3.17. The van der Waals surface area contributed by atoms with Crippen LogP contribution in [0.2, 0.25) is 0 Å². The van der Waals surface area contributed by atoms with E-state index in [4.69, 9.17) is 4.74 Å². The minimum absolute atomic E-state index is 0.0546. The van der Waals surface area contributed by atoms with Gasteiger partial charge in [0, 0.05) is 25.7 Å². The van der Waals surface area contributed by atoms with Gasteiger partial charge in [-0.25, -0.2) is 0 Å². The Morgan fingerprint density at radius 3 is 2.05 bits per heavy atom. The molecule has 0 bridgehead atoms. The van der Waals surface area contributed by atoms with Crippen molar-refractivity contribution in [3.8, 4) is 5.75 Å². The number of likely N-dealkylation sites (N-methyl/N-ethyl adjacent to an activating group) is 1. The molecule has 0 saturated carbocycles. The van der Waals surface area contributed by atoms with Gasteiger partial charge in [-0.3, -0.25) is 9.59 Å². The quantitative estimate of drug-likeness (QED) is 0.798. The summed E-state index contributed by atoms with van der Waals surface area (Å²) >= 11 is 0. The lowest BCUT2D eigenvalue weighted by molar-refractivity contribution is -0.130. The van der Waals surface area contributed by atoms with Crippen LogP contribution in [0, 0.1) is 0 Å². The van der Waals surface area contributed by atoms with E-state index in [1.807, 2.05) is 13.8 Å². The van der Waals surface area contributed by atoms with Gasteiger partial charge in [-0.05, 0) is 38.1 Å². The van der Waals surface area contributed by atoms with Gasteiger partial charge in [0.05, 0.1) is 7.11 Å². The van der Waals surface area contributed by atoms with Crippen LogP contribution >= 0.6 is 0 Å². The molecule has 0 fully saturated rings. The van der Waals surface area contributed by atoms with Gasteiger partial charge in [0.15, 0.2) is 0 Å². The molecule has 1 aromatic carbocycles. The maximum absolute atomic E-state index is 12.1. The third-order valence-electron chi connectivity index (χ3n) is 3.17. The number of benzene rings is 1. The molecular weight excluding hydrogens is 256 g/mol. The van der Waals surface area contributed by atoms with Crippen LogP contribution in [0.4, 0.5) is 5.69 Å². The van der Waals surface area contributed by atoms with Crippen molar-refractivity contribution in [1.29, 1.82) is 0 Å². The Balaban J connectivity index is 2.88. The highest BCUT2D eigenvalue weighted by atomic mass is 16.5. The molecule has 0 aliphatic heterocycles. The number of ether oxygens (including phenoxy) is 1. The third kappa shape index (κ3) is 3.98. The summed E-state index contributed by atoms with van der Waals surface area (Å²) in [6.45, 7) is 6.65. The van der Waals surface area contributed by atoms with Gasteiger partial charge in [0.25, 0.3) is 0 Å². The monoisotopic (exact) mass is 278 g/mol. The molecule has 110 valence electrons. The fraction of sp³-hybridized carbons (Fsp3) is 0.467. The number of nitrogens with zero attached hydrogens (tertiary/aromatic N) is 2. The zero-order chi connectivity index (χ0) is 15.1. The van der Waals surface area contributed by atoms with E-state index in [2.05, 4.69) is 0 Å². The van der Waals surface area contributed by atoms with E-state index in [1.54, 1.807) is 36.3 Å². The summed E-state index contributed by atoms with van der Waals surface area (Å²) in [5.74, 6) is 0.504. The second-order valence-corrected chi connectivity index (χ2v) is 4.37.